The van der Waals surface area contributed by atoms with Gasteiger partial charge in [0.2, 0.25) is 0 Å². The summed E-state index contributed by atoms with van der Waals surface area (Å²) in [5, 5.41) is 11.6. The summed E-state index contributed by atoms with van der Waals surface area (Å²) in [7, 11) is 0. The third-order valence-electron chi connectivity index (χ3n) is 4.66. The van der Waals surface area contributed by atoms with E-state index >= 15 is 0 Å². The first kappa shape index (κ1) is 20.5. The first-order valence-electron chi connectivity index (χ1n) is 9.53. The molecular weight excluding hydrogens is 419 g/mol. The van der Waals surface area contributed by atoms with E-state index in [2.05, 4.69) is 4.98 Å². The van der Waals surface area contributed by atoms with Crippen molar-refractivity contribution < 1.29 is 9.84 Å². The van der Waals surface area contributed by atoms with Crippen LogP contribution in [0.4, 0.5) is 0 Å². The van der Waals surface area contributed by atoms with Gasteiger partial charge in [0.1, 0.15) is 18.5 Å². The van der Waals surface area contributed by atoms with Crippen molar-refractivity contribution in [2.24, 2.45) is 0 Å². The molecule has 0 aliphatic carbocycles. The van der Waals surface area contributed by atoms with Crippen LogP contribution in [0.5, 0.6) is 5.75 Å². The van der Waals surface area contributed by atoms with Crippen molar-refractivity contribution in [3.63, 3.8) is 0 Å². The molecule has 4 nitrogen and oxygen atoms in total. The molecule has 0 fully saturated rings. The summed E-state index contributed by atoms with van der Waals surface area (Å²) in [6.45, 7) is 0.420. The van der Waals surface area contributed by atoms with Gasteiger partial charge in [0.25, 0.3) is 0 Å². The van der Waals surface area contributed by atoms with Gasteiger partial charge < -0.3 is 14.4 Å². The molecule has 0 spiro atoms. The number of benzene rings is 3. The number of hydrogen-bond donors (Lipinski definition) is 1. The highest BCUT2D eigenvalue weighted by Gasteiger charge is 2.17. The molecule has 0 radical (unpaired) electrons. The molecule has 4 aromatic rings. The van der Waals surface area contributed by atoms with Crippen LogP contribution >= 0.6 is 23.2 Å². The summed E-state index contributed by atoms with van der Waals surface area (Å²) in [5.74, 6) is 0.485. The standard InChI is InChI=1S/C24H20Cl2N2O2/c25-19-11-12-22(21(26)13-19)30-15-20(29)14-28-16-27-23(17-7-3-1-4-8-17)24(28)18-9-5-2-6-10-18/h1-13,16,20,29H,14-15H2. The summed E-state index contributed by atoms with van der Waals surface area (Å²) in [6.07, 6.45) is 1.00. The molecule has 4 rings (SSSR count). The fourth-order valence-corrected chi connectivity index (χ4v) is 3.75. The van der Waals surface area contributed by atoms with Crippen LogP contribution in [0.1, 0.15) is 0 Å². The van der Waals surface area contributed by atoms with Gasteiger partial charge >= 0.3 is 0 Å². The fourth-order valence-electron chi connectivity index (χ4n) is 3.28. The number of aliphatic hydroxyl groups is 1. The molecule has 0 aliphatic heterocycles. The Balaban J connectivity index is 1.57. The summed E-state index contributed by atoms with van der Waals surface area (Å²) < 4.78 is 7.64. The van der Waals surface area contributed by atoms with E-state index in [4.69, 9.17) is 27.9 Å². The van der Waals surface area contributed by atoms with Gasteiger partial charge in [0.15, 0.2) is 0 Å². The van der Waals surface area contributed by atoms with Crippen LogP contribution in [0, 0.1) is 0 Å². The monoisotopic (exact) mass is 438 g/mol. The second-order valence-corrected chi connectivity index (χ2v) is 7.71. The molecule has 0 bridgehead atoms. The normalized spacial score (nSPS) is 12.0. The predicted octanol–water partition coefficient (Wildman–Crippen LogP) is 5.96. The highest BCUT2D eigenvalue weighted by Crippen LogP contribution is 2.31. The van der Waals surface area contributed by atoms with Gasteiger partial charge in [-0.05, 0) is 18.2 Å². The molecular formula is C24H20Cl2N2O2. The van der Waals surface area contributed by atoms with Crippen LogP contribution in [0.15, 0.2) is 85.2 Å². The van der Waals surface area contributed by atoms with Crippen molar-refractivity contribution in [2.75, 3.05) is 6.61 Å². The molecule has 30 heavy (non-hydrogen) atoms. The number of hydrogen-bond acceptors (Lipinski definition) is 3. The zero-order valence-corrected chi connectivity index (χ0v) is 17.6. The topological polar surface area (TPSA) is 47.3 Å². The van der Waals surface area contributed by atoms with Crippen LogP contribution in [0.2, 0.25) is 10.0 Å². The Morgan fingerprint density at radius 1 is 0.900 bits per heavy atom. The lowest BCUT2D eigenvalue weighted by molar-refractivity contribution is 0.0929. The van der Waals surface area contributed by atoms with E-state index in [9.17, 15) is 5.11 Å². The molecule has 1 aromatic heterocycles. The van der Waals surface area contributed by atoms with E-state index in [0.29, 0.717) is 22.3 Å². The molecule has 0 aliphatic rings. The lowest BCUT2D eigenvalue weighted by atomic mass is 10.0. The van der Waals surface area contributed by atoms with E-state index < -0.39 is 6.10 Å². The molecule has 1 atom stereocenters. The smallest absolute Gasteiger partial charge is 0.138 e. The molecule has 3 aromatic carbocycles. The zero-order valence-electron chi connectivity index (χ0n) is 16.1. The quantitative estimate of drug-likeness (QED) is 0.386. The van der Waals surface area contributed by atoms with Gasteiger partial charge in [-0.15, -0.1) is 0 Å². The Labute approximate surface area is 185 Å². The van der Waals surface area contributed by atoms with Gasteiger partial charge in [0, 0.05) is 16.1 Å². The van der Waals surface area contributed by atoms with Crippen LogP contribution in [0.25, 0.3) is 22.5 Å². The van der Waals surface area contributed by atoms with E-state index in [1.54, 1.807) is 24.5 Å². The van der Waals surface area contributed by atoms with Crippen molar-refractivity contribution in [1.29, 1.82) is 0 Å². The Bertz CT molecular complexity index is 1110. The average molecular weight is 439 g/mol. The van der Waals surface area contributed by atoms with Crippen molar-refractivity contribution in [2.45, 2.75) is 12.6 Å². The molecule has 0 saturated carbocycles. The maximum absolute atomic E-state index is 10.6. The van der Waals surface area contributed by atoms with Crippen LogP contribution in [0.3, 0.4) is 0 Å². The van der Waals surface area contributed by atoms with Crippen molar-refractivity contribution in [3.05, 3.63) is 95.2 Å². The first-order chi connectivity index (χ1) is 14.6. The van der Waals surface area contributed by atoms with Gasteiger partial charge in [0.05, 0.1) is 29.3 Å². The molecule has 6 heteroatoms. The van der Waals surface area contributed by atoms with Crippen molar-refractivity contribution in [1.82, 2.24) is 9.55 Å². The third-order valence-corrected chi connectivity index (χ3v) is 5.20. The van der Waals surface area contributed by atoms with E-state index in [1.807, 2.05) is 65.2 Å². The average Bonchev–Trinajstić information content (AvgIpc) is 3.18. The summed E-state index contributed by atoms with van der Waals surface area (Å²) in [6, 6.07) is 25.0. The summed E-state index contributed by atoms with van der Waals surface area (Å²) in [5.41, 5.74) is 3.87. The van der Waals surface area contributed by atoms with Gasteiger partial charge in [-0.2, -0.15) is 0 Å². The largest absolute Gasteiger partial charge is 0.489 e. The molecule has 1 N–H and O–H groups in total. The highest BCUT2D eigenvalue weighted by atomic mass is 35.5. The Kier molecular flexibility index (Phi) is 6.38. The lowest BCUT2D eigenvalue weighted by Crippen LogP contribution is -2.23. The summed E-state index contributed by atoms with van der Waals surface area (Å²) >= 11 is 12.1. The van der Waals surface area contributed by atoms with Crippen molar-refractivity contribution >= 4 is 23.2 Å². The molecule has 1 unspecified atom stereocenters. The van der Waals surface area contributed by atoms with Crippen LogP contribution < -0.4 is 4.74 Å². The fraction of sp³-hybridized carbons (Fsp3) is 0.125. The molecule has 152 valence electrons. The van der Waals surface area contributed by atoms with Gasteiger partial charge in [-0.1, -0.05) is 83.9 Å². The second kappa shape index (κ2) is 9.35. The number of imidazole rings is 1. The highest BCUT2D eigenvalue weighted by molar-refractivity contribution is 6.35. The number of ether oxygens (including phenoxy) is 1. The minimum absolute atomic E-state index is 0.0917. The van der Waals surface area contributed by atoms with Crippen LogP contribution in [-0.4, -0.2) is 27.4 Å². The number of nitrogens with zero attached hydrogens (tertiary/aromatic N) is 2. The summed E-state index contributed by atoms with van der Waals surface area (Å²) in [4.78, 5) is 4.63. The minimum Gasteiger partial charge on any atom is -0.489 e. The van der Waals surface area contributed by atoms with Gasteiger partial charge in [-0.25, -0.2) is 4.98 Å². The zero-order chi connectivity index (χ0) is 20.9. The molecule has 0 saturated heterocycles. The minimum atomic E-state index is -0.753. The van der Waals surface area contributed by atoms with Crippen LogP contribution in [-0.2, 0) is 6.54 Å². The maximum atomic E-state index is 10.6. The molecule has 0 amide bonds. The second-order valence-electron chi connectivity index (χ2n) is 6.87. The Morgan fingerprint density at radius 3 is 2.23 bits per heavy atom. The number of halogens is 2. The van der Waals surface area contributed by atoms with Gasteiger partial charge in [-0.3, -0.25) is 0 Å². The SMILES string of the molecule is OC(COc1ccc(Cl)cc1Cl)Cn1cnc(-c2ccccc2)c1-c1ccccc1. The number of aromatic nitrogens is 2. The van der Waals surface area contributed by atoms with E-state index in [1.165, 1.54) is 0 Å². The van der Waals surface area contributed by atoms with Crippen molar-refractivity contribution in [3.8, 4) is 28.3 Å². The predicted molar refractivity (Wildman–Crippen MR) is 121 cm³/mol. The Morgan fingerprint density at radius 2 is 1.57 bits per heavy atom. The lowest BCUT2D eigenvalue weighted by Gasteiger charge is -2.16. The third kappa shape index (κ3) is 4.68. The maximum Gasteiger partial charge on any atom is 0.138 e. The van der Waals surface area contributed by atoms with E-state index in [0.717, 1.165) is 22.5 Å². The molecule has 1 heterocycles. The van der Waals surface area contributed by atoms with E-state index in [-0.39, 0.29) is 6.61 Å². The first-order valence-corrected chi connectivity index (χ1v) is 10.3. The number of aliphatic hydroxyl groups excluding tert-OH is 1. The Hall–Kier alpha value is -2.79. The number of rotatable bonds is 7.